The fourth-order valence-corrected chi connectivity index (χ4v) is 2.06. The average Bonchev–Trinajstić information content (AvgIpc) is 3.07. The van der Waals surface area contributed by atoms with Crippen LogP contribution in [0.1, 0.15) is 35.7 Å². The average molecular weight is 331 g/mol. The van der Waals surface area contributed by atoms with E-state index in [1.807, 2.05) is 19.1 Å². The number of nitrogens with zero attached hydrogens (tertiary/aromatic N) is 2. The maximum Gasteiger partial charge on any atom is 0.303 e. The van der Waals surface area contributed by atoms with Crippen LogP contribution in [-0.4, -0.2) is 33.4 Å². The van der Waals surface area contributed by atoms with E-state index in [2.05, 4.69) is 10.4 Å². The maximum absolute atomic E-state index is 12.0. The van der Waals surface area contributed by atoms with E-state index < -0.39 is 5.97 Å². The number of hydrogen-bond donors (Lipinski definition) is 2. The Bertz CT molecular complexity index is 679. The summed E-state index contributed by atoms with van der Waals surface area (Å²) in [6, 6.07) is 7.33. The first-order chi connectivity index (χ1) is 11.6. The smallest absolute Gasteiger partial charge is 0.303 e. The van der Waals surface area contributed by atoms with Gasteiger partial charge in [-0.2, -0.15) is 5.10 Å². The Labute approximate surface area is 140 Å². The minimum absolute atomic E-state index is 0.0960. The highest BCUT2D eigenvalue weighted by Crippen LogP contribution is 2.13. The topological polar surface area (TPSA) is 93.5 Å². The molecule has 0 atom stereocenters. The van der Waals surface area contributed by atoms with Crippen LogP contribution < -0.4 is 10.1 Å². The fraction of sp³-hybridized carbons (Fsp3) is 0.353. The zero-order chi connectivity index (χ0) is 17.4. The molecule has 0 fully saturated rings. The van der Waals surface area contributed by atoms with Crippen LogP contribution in [0.5, 0.6) is 5.75 Å². The Balaban J connectivity index is 1.77. The molecule has 2 N–H and O–H groups in total. The number of carbonyl (C=O) groups is 2. The lowest BCUT2D eigenvalue weighted by Gasteiger charge is -2.07. The summed E-state index contributed by atoms with van der Waals surface area (Å²) in [5.41, 5.74) is 1.49. The Kier molecular flexibility index (Phi) is 6.36. The van der Waals surface area contributed by atoms with E-state index >= 15 is 0 Å². The Morgan fingerprint density at radius 2 is 2.04 bits per heavy atom. The van der Waals surface area contributed by atoms with Crippen molar-refractivity contribution in [1.29, 1.82) is 0 Å². The first-order valence-corrected chi connectivity index (χ1v) is 7.82. The van der Waals surface area contributed by atoms with Crippen LogP contribution in [-0.2, 0) is 17.9 Å². The van der Waals surface area contributed by atoms with E-state index in [1.54, 1.807) is 29.2 Å². The van der Waals surface area contributed by atoms with Gasteiger partial charge in [-0.3, -0.25) is 14.3 Å². The third-order valence-corrected chi connectivity index (χ3v) is 3.40. The van der Waals surface area contributed by atoms with Gasteiger partial charge in [0.05, 0.1) is 18.4 Å². The molecule has 24 heavy (non-hydrogen) atoms. The zero-order valence-electron chi connectivity index (χ0n) is 13.6. The second-order valence-corrected chi connectivity index (χ2v) is 5.26. The Morgan fingerprint density at radius 3 is 2.67 bits per heavy atom. The van der Waals surface area contributed by atoms with Crippen LogP contribution in [0.15, 0.2) is 36.7 Å². The maximum atomic E-state index is 12.0. The zero-order valence-corrected chi connectivity index (χ0v) is 13.6. The number of nitrogens with one attached hydrogen (secondary N) is 1. The van der Waals surface area contributed by atoms with Gasteiger partial charge in [0.15, 0.2) is 0 Å². The van der Waals surface area contributed by atoms with Gasteiger partial charge in [-0.05, 0) is 31.0 Å². The first kappa shape index (κ1) is 17.5. The van der Waals surface area contributed by atoms with E-state index in [9.17, 15) is 9.59 Å². The van der Waals surface area contributed by atoms with Gasteiger partial charge < -0.3 is 15.2 Å². The largest absolute Gasteiger partial charge is 0.494 e. The second kappa shape index (κ2) is 8.71. The molecule has 7 heteroatoms. The number of aryl methyl sites for hydroxylation is 1. The van der Waals surface area contributed by atoms with Crippen LogP contribution >= 0.6 is 0 Å². The summed E-state index contributed by atoms with van der Waals surface area (Å²) in [5, 5.41) is 15.5. The summed E-state index contributed by atoms with van der Waals surface area (Å²) in [4.78, 5) is 22.4. The van der Waals surface area contributed by atoms with E-state index in [-0.39, 0.29) is 12.3 Å². The predicted molar refractivity (Wildman–Crippen MR) is 87.9 cm³/mol. The van der Waals surface area contributed by atoms with Crippen LogP contribution in [0.2, 0.25) is 0 Å². The van der Waals surface area contributed by atoms with Crippen molar-refractivity contribution in [2.24, 2.45) is 0 Å². The van der Waals surface area contributed by atoms with Gasteiger partial charge in [-0.25, -0.2) is 0 Å². The monoisotopic (exact) mass is 331 g/mol. The standard InChI is InChI=1S/C17H21N3O4/c1-2-20-12-14(11-19-20)17(23)18-10-13-5-7-15(8-6-13)24-9-3-4-16(21)22/h5-8,11-12H,2-4,9-10H2,1H3,(H,18,23)(H,21,22). The molecule has 2 aromatic rings. The van der Waals surface area contributed by atoms with Crippen molar-refractivity contribution >= 4 is 11.9 Å². The molecule has 0 unspecified atom stereocenters. The van der Waals surface area contributed by atoms with Gasteiger partial charge >= 0.3 is 5.97 Å². The molecule has 0 saturated heterocycles. The van der Waals surface area contributed by atoms with E-state index in [1.165, 1.54) is 0 Å². The van der Waals surface area contributed by atoms with Gasteiger partial charge in [0, 0.05) is 25.7 Å². The molecule has 0 aliphatic rings. The van der Waals surface area contributed by atoms with Gasteiger partial charge in [-0.1, -0.05) is 12.1 Å². The Morgan fingerprint density at radius 1 is 1.29 bits per heavy atom. The van der Waals surface area contributed by atoms with Crippen molar-refractivity contribution in [3.63, 3.8) is 0 Å². The lowest BCUT2D eigenvalue weighted by molar-refractivity contribution is -0.137. The van der Waals surface area contributed by atoms with Crippen LogP contribution in [0.25, 0.3) is 0 Å². The highest BCUT2D eigenvalue weighted by molar-refractivity contribution is 5.93. The van der Waals surface area contributed by atoms with Crippen molar-refractivity contribution in [2.45, 2.75) is 32.9 Å². The summed E-state index contributed by atoms with van der Waals surface area (Å²) in [6.07, 6.45) is 3.83. The highest BCUT2D eigenvalue weighted by Gasteiger charge is 2.07. The molecule has 0 aliphatic carbocycles. The van der Waals surface area contributed by atoms with E-state index in [0.29, 0.717) is 30.9 Å². The molecule has 128 valence electrons. The van der Waals surface area contributed by atoms with Gasteiger partial charge in [0.2, 0.25) is 0 Å². The summed E-state index contributed by atoms with van der Waals surface area (Å²) < 4.78 is 7.16. The number of benzene rings is 1. The molecule has 2 rings (SSSR count). The van der Waals surface area contributed by atoms with E-state index in [4.69, 9.17) is 9.84 Å². The van der Waals surface area contributed by atoms with Crippen LogP contribution in [0.4, 0.5) is 0 Å². The Hall–Kier alpha value is -2.83. The van der Waals surface area contributed by atoms with Crippen LogP contribution in [0.3, 0.4) is 0 Å². The highest BCUT2D eigenvalue weighted by atomic mass is 16.5. The van der Waals surface area contributed by atoms with Gasteiger partial charge in [-0.15, -0.1) is 0 Å². The molecule has 0 saturated carbocycles. The van der Waals surface area contributed by atoms with Crippen molar-refractivity contribution in [2.75, 3.05) is 6.61 Å². The number of hydrogen-bond acceptors (Lipinski definition) is 4. The SMILES string of the molecule is CCn1cc(C(=O)NCc2ccc(OCCCC(=O)O)cc2)cn1. The number of carboxylic acid groups (broad SMARTS) is 1. The number of carboxylic acids is 1. The summed E-state index contributed by atoms with van der Waals surface area (Å²) in [7, 11) is 0. The lowest BCUT2D eigenvalue weighted by Crippen LogP contribution is -2.22. The molecule has 1 amide bonds. The molecule has 0 radical (unpaired) electrons. The molecule has 1 aromatic carbocycles. The number of aromatic nitrogens is 2. The van der Waals surface area contributed by atoms with Gasteiger partial charge in [0.25, 0.3) is 5.91 Å². The molecule has 0 spiro atoms. The number of carbonyl (C=O) groups excluding carboxylic acids is 1. The molecular weight excluding hydrogens is 310 g/mol. The summed E-state index contributed by atoms with van der Waals surface area (Å²) >= 11 is 0. The van der Waals surface area contributed by atoms with Gasteiger partial charge in [0.1, 0.15) is 5.75 Å². The number of ether oxygens (including phenoxy) is 1. The van der Waals surface area contributed by atoms with Crippen molar-refractivity contribution < 1.29 is 19.4 Å². The third-order valence-electron chi connectivity index (χ3n) is 3.40. The normalized spacial score (nSPS) is 10.4. The van der Waals surface area contributed by atoms with Crippen molar-refractivity contribution in [3.8, 4) is 5.75 Å². The minimum Gasteiger partial charge on any atom is -0.494 e. The van der Waals surface area contributed by atoms with Crippen LogP contribution in [0, 0.1) is 0 Å². The van der Waals surface area contributed by atoms with E-state index in [0.717, 1.165) is 12.1 Å². The first-order valence-electron chi connectivity index (χ1n) is 7.82. The number of aliphatic carboxylic acids is 1. The van der Waals surface area contributed by atoms with Crippen molar-refractivity contribution in [3.05, 3.63) is 47.8 Å². The third kappa shape index (κ3) is 5.42. The fourth-order valence-electron chi connectivity index (χ4n) is 2.06. The molecule has 1 heterocycles. The quantitative estimate of drug-likeness (QED) is 0.686. The minimum atomic E-state index is -0.825. The predicted octanol–water partition coefficient (Wildman–Crippen LogP) is 2.08. The number of amides is 1. The summed E-state index contributed by atoms with van der Waals surface area (Å²) in [6.45, 7) is 3.46. The second-order valence-electron chi connectivity index (χ2n) is 5.26. The molecule has 7 nitrogen and oxygen atoms in total. The summed E-state index contributed by atoms with van der Waals surface area (Å²) in [5.74, 6) is -0.308. The number of rotatable bonds is 9. The lowest BCUT2D eigenvalue weighted by atomic mass is 10.2. The van der Waals surface area contributed by atoms with Crippen molar-refractivity contribution in [1.82, 2.24) is 15.1 Å². The molecular formula is C17H21N3O4. The molecule has 1 aromatic heterocycles. The molecule has 0 aliphatic heterocycles. The molecule has 0 bridgehead atoms.